The monoisotopic (exact) mass is 615 g/mol. The van der Waals surface area contributed by atoms with Crippen molar-refractivity contribution >= 4 is 32.6 Å². The molecule has 0 radical (unpaired) electrons. The first-order chi connectivity index (χ1) is 21.2. The van der Waals surface area contributed by atoms with E-state index in [1.807, 2.05) is 56.3 Å². The Bertz CT molecular complexity index is 1780. The number of sulfonamides is 1. The number of aromatic nitrogens is 2. The Morgan fingerprint density at radius 2 is 1.82 bits per heavy atom. The summed E-state index contributed by atoms with van der Waals surface area (Å²) >= 11 is 0. The van der Waals surface area contributed by atoms with Gasteiger partial charge in [-0.1, -0.05) is 44.2 Å². The molecule has 2 atom stereocenters. The Balaban J connectivity index is 1.42. The summed E-state index contributed by atoms with van der Waals surface area (Å²) in [7, 11) is -2.30. The second-order valence-electron chi connectivity index (χ2n) is 11.9. The molecule has 4 aromatic rings. The number of carbonyl (C=O) groups is 1. The van der Waals surface area contributed by atoms with Gasteiger partial charge in [-0.2, -0.15) is 0 Å². The zero-order chi connectivity index (χ0) is 30.8. The van der Waals surface area contributed by atoms with Gasteiger partial charge in [-0.3, -0.25) is 9.97 Å². The number of nitrogens with one attached hydrogen (secondary N) is 3. The number of hydrogen-bond acceptors (Lipinski definition) is 8. The van der Waals surface area contributed by atoms with E-state index in [2.05, 4.69) is 20.3 Å². The highest BCUT2D eigenvalue weighted by atomic mass is 32.2. The van der Waals surface area contributed by atoms with Crippen LogP contribution in [0.5, 0.6) is 5.75 Å². The predicted octanol–water partition coefficient (Wildman–Crippen LogP) is 5.97. The third-order valence-electron chi connectivity index (χ3n) is 8.03. The van der Waals surface area contributed by atoms with E-state index < -0.39 is 22.2 Å². The molecule has 2 aliphatic rings. The number of alkyl carbamates (subject to hydrolysis) is 1. The fourth-order valence-corrected chi connectivity index (χ4v) is 7.11. The molecule has 230 valence electrons. The van der Waals surface area contributed by atoms with E-state index in [1.54, 1.807) is 31.8 Å². The molecule has 0 saturated heterocycles. The van der Waals surface area contributed by atoms with Crippen LogP contribution in [0.3, 0.4) is 0 Å². The van der Waals surface area contributed by atoms with Crippen molar-refractivity contribution in [2.24, 2.45) is 5.92 Å². The van der Waals surface area contributed by atoms with Crippen LogP contribution in [-0.4, -0.2) is 38.1 Å². The number of hydrogen-bond donors (Lipinski definition) is 3. The number of nitrogens with zero attached hydrogens (tertiary/aromatic N) is 2. The molecule has 1 amide bonds. The molecule has 44 heavy (non-hydrogen) atoms. The van der Waals surface area contributed by atoms with Gasteiger partial charge in [-0.15, -0.1) is 0 Å². The molecular weight excluding hydrogens is 578 g/mol. The smallest absolute Gasteiger partial charge is 0.407 e. The highest BCUT2D eigenvalue weighted by Gasteiger charge is 2.37. The van der Waals surface area contributed by atoms with Gasteiger partial charge in [0.25, 0.3) is 0 Å². The van der Waals surface area contributed by atoms with Crippen molar-refractivity contribution in [3.63, 3.8) is 0 Å². The largest absolute Gasteiger partial charge is 0.495 e. The number of amides is 1. The van der Waals surface area contributed by atoms with Gasteiger partial charge in [-0.25, -0.2) is 17.9 Å². The molecule has 11 heteroatoms. The molecule has 2 heterocycles. The number of fused-ring (bicyclic) bond motifs is 3. The first-order valence-corrected chi connectivity index (χ1v) is 16.4. The van der Waals surface area contributed by atoms with Crippen LogP contribution in [0, 0.1) is 5.92 Å². The molecule has 0 aliphatic heterocycles. The molecule has 2 aromatic heterocycles. The number of anilines is 1. The summed E-state index contributed by atoms with van der Waals surface area (Å²) in [6.07, 6.45) is 7.08. The molecule has 2 aromatic carbocycles. The fourth-order valence-electron chi connectivity index (χ4n) is 5.66. The van der Waals surface area contributed by atoms with E-state index in [0.29, 0.717) is 35.6 Å². The summed E-state index contributed by atoms with van der Waals surface area (Å²) < 4.78 is 41.3. The van der Waals surface area contributed by atoms with Gasteiger partial charge in [0.15, 0.2) is 0 Å². The minimum atomic E-state index is -3.88. The topological polar surface area (TPSA) is 132 Å². The van der Waals surface area contributed by atoms with Gasteiger partial charge in [0, 0.05) is 41.2 Å². The number of rotatable bonds is 11. The summed E-state index contributed by atoms with van der Waals surface area (Å²) in [5.41, 5.74) is 4.09. The summed E-state index contributed by atoms with van der Waals surface area (Å²) in [6, 6.07) is 14.1. The average molecular weight is 616 g/mol. The van der Waals surface area contributed by atoms with Gasteiger partial charge >= 0.3 is 6.09 Å². The van der Waals surface area contributed by atoms with E-state index in [0.717, 1.165) is 40.7 Å². The van der Waals surface area contributed by atoms with Crippen molar-refractivity contribution in [1.82, 2.24) is 20.0 Å². The molecular formula is C33H37N5O5S. The number of ether oxygens (including phenoxy) is 2. The quantitative estimate of drug-likeness (QED) is 0.188. The molecule has 10 nitrogen and oxygen atoms in total. The van der Waals surface area contributed by atoms with Crippen LogP contribution in [0.1, 0.15) is 73.5 Å². The Morgan fingerprint density at radius 3 is 2.55 bits per heavy atom. The molecule has 1 fully saturated rings. The van der Waals surface area contributed by atoms with Crippen molar-refractivity contribution in [2.75, 3.05) is 19.0 Å². The third-order valence-corrected chi connectivity index (χ3v) is 9.50. The van der Waals surface area contributed by atoms with E-state index in [1.165, 1.54) is 0 Å². The maximum Gasteiger partial charge on any atom is 0.407 e. The highest BCUT2D eigenvalue weighted by molar-refractivity contribution is 7.89. The van der Waals surface area contributed by atoms with Gasteiger partial charge in [0.05, 0.1) is 42.2 Å². The third kappa shape index (κ3) is 6.48. The SMILES string of the molecule is COc1cncc(N[C@H]2C[C@H](NC(=O)OCc3ccccc3)c3cc(S(=O)(=O)NCC(C)C)c4cc(C5CC5)ncc4c32)c1. The van der Waals surface area contributed by atoms with Crippen molar-refractivity contribution in [2.45, 2.75) is 62.6 Å². The maximum atomic E-state index is 13.8. The molecule has 0 spiro atoms. The Morgan fingerprint density at radius 1 is 1.02 bits per heavy atom. The first-order valence-electron chi connectivity index (χ1n) is 14.9. The second-order valence-corrected chi connectivity index (χ2v) is 13.6. The predicted molar refractivity (Wildman–Crippen MR) is 168 cm³/mol. The second kappa shape index (κ2) is 12.4. The summed E-state index contributed by atoms with van der Waals surface area (Å²) in [5, 5.41) is 7.90. The lowest BCUT2D eigenvalue weighted by Crippen LogP contribution is -2.29. The molecule has 1 saturated carbocycles. The van der Waals surface area contributed by atoms with E-state index in [9.17, 15) is 13.2 Å². The highest BCUT2D eigenvalue weighted by Crippen LogP contribution is 2.48. The molecule has 2 aliphatic carbocycles. The van der Waals surface area contributed by atoms with Crippen LogP contribution >= 0.6 is 0 Å². The van der Waals surface area contributed by atoms with Crippen molar-refractivity contribution in [3.8, 4) is 5.75 Å². The molecule has 6 rings (SSSR count). The van der Waals surface area contributed by atoms with Crippen LogP contribution in [0.15, 0.2) is 72.0 Å². The maximum absolute atomic E-state index is 13.8. The van der Waals surface area contributed by atoms with Crippen molar-refractivity contribution in [1.29, 1.82) is 0 Å². The molecule has 0 bridgehead atoms. The lowest BCUT2D eigenvalue weighted by Gasteiger charge is -2.19. The van der Waals surface area contributed by atoms with Crippen LogP contribution in [-0.2, 0) is 21.4 Å². The number of benzene rings is 2. The Kier molecular flexibility index (Phi) is 8.42. The first kappa shape index (κ1) is 29.8. The Labute approximate surface area is 257 Å². The van der Waals surface area contributed by atoms with E-state index in [4.69, 9.17) is 14.5 Å². The molecule has 0 unspecified atom stereocenters. The summed E-state index contributed by atoms with van der Waals surface area (Å²) in [6.45, 7) is 4.35. The zero-order valence-electron chi connectivity index (χ0n) is 25.0. The van der Waals surface area contributed by atoms with Crippen molar-refractivity contribution < 1.29 is 22.7 Å². The fraction of sp³-hybridized carbons (Fsp3) is 0.364. The summed E-state index contributed by atoms with van der Waals surface area (Å²) in [4.78, 5) is 22.3. The lowest BCUT2D eigenvalue weighted by molar-refractivity contribution is 0.135. The number of methoxy groups -OCH3 is 1. The van der Waals surface area contributed by atoms with Crippen LogP contribution in [0.25, 0.3) is 10.8 Å². The van der Waals surface area contributed by atoms with E-state index in [-0.39, 0.29) is 23.5 Å². The lowest BCUT2D eigenvalue weighted by atomic mass is 9.98. The van der Waals surface area contributed by atoms with Crippen molar-refractivity contribution in [3.05, 3.63) is 89.5 Å². The van der Waals surface area contributed by atoms with Gasteiger partial charge in [0.2, 0.25) is 10.0 Å². The Hall–Kier alpha value is -4.22. The van der Waals surface area contributed by atoms with Gasteiger partial charge in [-0.05, 0) is 54.0 Å². The number of pyridine rings is 2. The zero-order valence-corrected chi connectivity index (χ0v) is 25.9. The van der Waals surface area contributed by atoms with Gasteiger partial charge in [0.1, 0.15) is 12.4 Å². The van der Waals surface area contributed by atoms with E-state index >= 15 is 0 Å². The normalized spacial score (nSPS) is 17.8. The minimum Gasteiger partial charge on any atom is -0.495 e. The number of carbonyl (C=O) groups excluding carboxylic acids is 1. The molecule has 3 N–H and O–H groups in total. The summed E-state index contributed by atoms with van der Waals surface area (Å²) in [5.74, 6) is 1.08. The van der Waals surface area contributed by atoms with Crippen LogP contribution in [0.2, 0.25) is 0 Å². The average Bonchev–Trinajstić information content (AvgIpc) is 3.82. The van der Waals surface area contributed by atoms with Gasteiger partial charge < -0.3 is 20.1 Å². The minimum absolute atomic E-state index is 0.119. The van der Waals surface area contributed by atoms with Crippen LogP contribution in [0.4, 0.5) is 10.5 Å². The van der Waals surface area contributed by atoms with Crippen LogP contribution < -0.4 is 20.1 Å². The standard InChI is InChI=1S/C33H37N5O5S/c1-20(2)15-36-44(40,41)31-13-26-29(38-33(39)43-19-21-7-5-4-6-8-21)14-30(37-23-11-24(42-3)17-34-16-23)32(26)27-18-35-28(12-25(27)31)22-9-10-22/h4-8,11-13,16-18,20,22,29-30,36-37H,9-10,14-15,19H2,1-3H3,(H,38,39)/t29-,30-/m0/s1.